The summed E-state index contributed by atoms with van der Waals surface area (Å²) < 4.78 is 5.39. The van der Waals surface area contributed by atoms with Crippen molar-refractivity contribution >= 4 is 5.96 Å². The quantitative estimate of drug-likeness (QED) is 0.678. The molecule has 0 saturated carbocycles. The molecule has 132 valence electrons. The van der Waals surface area contributed by atoms with Crippen molar-refractivity contribution in [1.82, 2.24) is 9.80 Å². The molecule has 1 aromatic carbocycles. The molecule has 2 fully saturated rings. The zero-order chi connectivity index (χ0) is 16.8. The Hall–Kier alpha value is -1.59. The van der Waals surface area contributed by atoms with Crippen molar-refractivity contribution in [3.8, 4) is 0 Å². The van der Waals surface area contributed by atoms with E-state index < -0.39 is 0 Å². The zero-order valence-electron chi connectivity index (χ0n) is 14.8. The van der Waals surface area contributed by atoms with Crippen LogP contribution in [-0.2, 0) is 17.8 Å². The zero-order valence-corrected chi connectivity index (χ0v) is 14.8. The molecule has 5 heteroatoms. The summed E-state index contributed by atoms with van der Waals surface area (Å²) in [6.45, 7) is 9.79. The summed E-state index contributed by atoms with van der Waals surface area (Å²) in [6.07, 6.45) is 2.43. The number of piperidine rings is 1. The Morgan fingerprint density at radius 1 is 1.08 bits per heavy atom. The number of rotatable bonds is 4. The lowest BCUT2D eigenvalue weighted by molar-refractivity contribution is 0.0342. The van der Waals surface area contributed by atoms with Gasteiger partial charge < -0.3 is 15.4 Å². The third kappa shape index (κ3) is 4.95. The molecular formula is C19H30N4O. The molecule has 0 radical (unpaired) electrons. The van der Waals surface area contributed by atoms with E-state index in [1.165, 1.54) is 24.0 Å². The summed E-state index contributed by atoms with van der Waals surface area (Å²) in [5, 5.41) is 0. The molecule has 2 heterocycles. The van der Waals surface area contributed by atoms with Gasteiger partial charge in [0.25, 0.3) is 0 Å². The van der Waals surface area contributed by atoms with Crippen LogP contribution in [0.3, 0.4) is 0 Å². The highest BCUT2D eigenvalue weighted by atomic mass is 16.5. The van der Waals surface area contributed by atoms with E-state index in [0.717, 1.165) is 51.9 Å². The van der Waals surface area contributed by atoms with Crippen molar-refractivity contribution < 1.29 is 4.74 Å². The molecular weight excluding hydrogens is 300 g/mol. The van der Waals surface area contributed by atoms with Gasteiger partial charge in [-0.1, -0.05) is 31.2 Å². The lowest BCUT2D eigenvalue weighted by atomic mass is 10.00. The Balaban J connectivity index is 1.49. The molecule has 2 aliphatic heterocycles. The maximum atomic E-state index is 6.15. The van der Waals surface area contributed by atoms with Crippen LogP contribution in [-0.4, -0.2) is 55.2 Å². The normalized spacial score (nSPS) is 21.2. The van der Waals surface area contributed by atoms with E-state index >= 15 is 0 Å². The molecule has 0 spiro atoms. The fourth-order valence-corrected chi connectivity index (χ4v) is 3.28. The highest BCUT2D eigenvalue weighted by Crippen LogP contribution is 2.16. The second kappa shape index (κ2) is 8.49. The molecule has 0 aromatic heterocycles. The maximum Gasteiger partial charge on any atom is 0.191 e. The average molecular weight is 330 g/mol. The highest BCUT2D eigenvalue weighted by molar-refractivity contribution is 5.78. The number of nitrogens with two attached hydrogens (primary N) is 1. The molecule has 0 bridgehead atoms. The van der Waals surface area contributed by atoms with Crippen molar-refractivity contribution in [2.24, 2.45) is 16.6 Å². The van der Waals surface area contributed by atoms with Crippen LogP contribution in [0.5, 0.6) is 0 Å². The van der Waals surface area contributed by atoms with Crippen LogP contribution in [0.25, 0.3) is 0 Å². The third-order valence-corrected chi connectivity index (χ3v) is 5.06. The van der Waals surface area contributed by atoms with Gasteiger partial charge in [-0.3, -0.25) is 4.90 Å². The molecule has 0 unspecified atom stereocenters. The number of benzene rings is 1. The van der Waals surface area contributed by atoms with E-state index in [2.05, 4.69) is 46.0 Å². The summed E-state index contributed by atoms with van der Waals surface area (Å²) in [5.74, 6) is 1.51. The smallest absolute Gasteiger partial charge is 0.191 e. The van der Waals surface area contributed by atoms with E-state index in [-0.39, 0.29) is 0 Å². The average Bonchev–Trinajstić information content (AvgIpc) is 2.62. The van der Waals surface area contributed by atoms with Gasteiger partial charge >= 0.3 is 0 Å². The fourth-order valence-electron chi connectivity index (χ4n) is 3.28. The summed E-state index contributed by atoms with van der Waals surface area (Å²) in [7, 11) is 0. The monoisotopic (exact) mass is 330 g/mol. The number of morpholine rings is 1. The van der Waals surface area contributed by atoms with Crippen LogP contribution in [0, 0.1) is 5.92 Å². The van der Waals surface area contributed by atoms with E-state index in [4.69, 9.17) is 10.5 Å². The molecule has 2 saturated heterocycles. The van der Waals surface area contributed by atoms with Crippen molar-refractivity contribution in [1.29, 1.82) is 0 Å². The van der Waals surface area contributed by atoms with Crippen molar-refractivity contribution in [2.75, 3.05) is 39.4 Å². The van der Waals surface area contributed by atoms with Crippen LogP contribution >= 0.6 is 0 Å². The molecule has 0 aliphatic carbocycles. The molecule has 2 N–H and O–H groups in total. The first-order chi connectivity index (χ1) is 11.7. The molecule has 24 heavy (non-hydrogen) atoms. The number of nitrogens with zero attached hydrogens (tertiary/aromatic N) is 3. The van der Waals surface area contributed by atoms with Crippen LogP contribution in [0.15, 0.2) is 29.3 Å². The molecule has 1 aromatic rings. The topological polar surface area (TPSA) is 54.1 Å². The minimum absolute atomic E-state index is 0.662. The third-order valence-electron chi connectivity index (χ3n) is 5.06. The molecule has 0 atom stereocenters. The lowest BCUT2D eigenvalue weighted by Crippen LogP contribution is -2.42. The first-order valence-electron chi connectivity index (χ1n) is 9.13. The van der Waals surface area contributed by atoms with Gasteiger partial charge in [0.05, 0.1) is 19.8 Å². The second-order valence-electron chi connectivity index (χ2n) is 7.05. The molecule has 3 rings (SSSR count). The van der Waals surface area contributed by atoms with Crippen molar-refractivity contribution in [2.45, 2.75) is 32.9 Å². The molecule has 0 amide bonds. The number of hydrogen-bond acceptors (Lipinski definition) is 3. The summed E-state index contributed by atoms with van der Waals surface area (Å²) in [4.78, 5) is 9.23. The molecule has 5 nitrogen and oxygen atoms in total. The fraction of sp³-hybridized carbons (Fsp3) is 0.632. The predicted molar refractivity (Wildman–Crippen MR) is 97.8 cm³/mol. The number of likely N-dealkylation sites (tertiary alicyclic amines) is 1. The van der Waals surface area contributed by atoms with Gasteiger partial charge in [-0.15, -0.1) is 0 Å². The van der Waals surface area contributed by atoms with Gasteiger partial charge in [-0.2, -0.15) is 0 Å². The largest absolute Gasteiger partial charge is 0.379 e. The lowest BCUT2D eigenvalue weighted by Gasteiger charge is -2.31. The predicted octanol–water partition coefficient (Wildman–Crippen LogP) is 2.07. The van der Waals surface area contributed by atoms with Crippen molar-refractivity contribution in [3.05, 3.63) is 35.4 Å². The highest BCUT2D eigenvalue weighted by Gasteiger charge is 2.16. The van der Waals surface area contributed by atoms with Gasteiger partial charge in [0, 0.05) is 32.7 Å². The Bertz CT molecular complexity index is 529. The standard InChI is InChI=1S/C19H30N4O/c1-16-6-8-23(9-7-16)19(20)21-14-17-2-4-18(5-3-17)15-22-10-12-24-13-11-22/h2-5,16H,6-15H2,1H3,(H2,20,21). The molecule has 2 aliphatic rings. The summed E-state index contributed by atoms with van der Waals surface area (Å²) in [5.41, 5.74) is 8.72. The van der Waals surface area contributed by atoms with E-state index in [1.54, 1.807) is 0 Å². The van der Waals surface area contributed by atoms with Crippen LogP contribution < -0.4 is 5.73 Å². The van der Waals surface area contributed by atoms with E-state index in [0.29, 0.717) is 12.5 Å². The Morgan fingerprint density at radius 3 is 2.38 bits per heavy atom. The summed E-state index contributed by atoms with van der Waals surface area (Å²) >= 11 is 0. The Kier molecular flexibility index (Phi) is 6.10. The Morgan fingerprint density at radius 2 is 1.71 bits per heavy atom. The first-order valence-corrected chi connectivity index (χ1v) is 9.13. The Labute approximate surface area is 145 Å². The van der Waals surface area contributed by atoms with Crippen LogP contribution in [0.2, 0.25) is 0 Å². The number of guanidine groups is 1. The van der Waals surface area contributed by atoms with Crippen LogP contribution in [0.4, 0.5) is 0 Å². The van der Waals surface area contributed by atoms with Gasteiger partial charge in [0.1, 0.15) is 0 Å². The minimum atomic E-state index is 0.662. The van der Waals surface area contributed by atoms with Gasteiger partial charge in [-0.05, 0) is 29.9 Å². The van der Waals surface area contributed by atoms with E-state index in [1.807, 2.05) is 0 Å². The van der Waals surface area contributed by atoms with Crippen molar-refractivity contribution in [3.63, 3.8) is 0 Å². The number of ether oxygens (including phenoxy) is 1. The van der Waals surface area contributed by atoms with Gasteiger partial charge in [0.15, 0.2) is 5.96 Å². The van der Waals surface area contributed by atoms with E-state index in [9.17, 15) is 0 Å². The van der Waals surface area contributed by atoms with Gasteiger partial charge in [0.2, 0.25) is 0 Å². The SMILES string of the molecule is CC1CCN(C(N)=NCc2ccc(CN3CCOCC3)cc2)CC1. The van der Waals surface area contributed by atoms with Gasteiger partial charge in [-0.25, -0.2) is 4.99 Å². The second-order valence-corrected chi connectivity index (χ2v) is 7.05. The minimum Gasteiger partial charge on any atom is -0.379 e. The number of hydrogen-bond donors (Lipinski definition) is 1. The first kappa shape index (κ1) is 17.2. The maximum absolute atomic E-state index is 6.15. The number of aliphatic imine (C=N–C) groups is 1. The van der Waals surface area contributed by atoms with Crippen LogP contribution in [0.1, 0.15) is 30.9 Å². The summed E-state index contributed by atoms with van der Waals surface area (Å²) in [6, 6.07) is 8.76.